The zero-order valence-corrected chi connectivity index (χ0v) is 12.2. The van der Waals surface area contributed by atoms with Crippen LogP contribution in [-0.4, -0.2) is 36.1 Å². The smallest absolute Gasteiger partial charge is 0.240 e. The summed E-state index contributed by atoms with van der Waals surface area (Å²) in [6.07, 6.45) is 8.89. The van der Waals surface area contributed by atoms with Gasteiger partial charge in [-0.3, -0.25) is 4.79 Å². The molecule has 4 heteroatoms. The molecule has 102 valence electrons. The molecule has 0 saturated carbocycles. The molecule has 0 saturated heterocycles. The van der Waals surface area contributed by atoms with Crippen LogP contribution in [0.25, 0.3) is 0 Å². The minimum Gasteiger partial charge on any atom is -0.364 e. The van der Waals surface area contributed by atoms with Crippen LogP contribution in [0.1, 0.15) is 33.1 Å². The van der Waals surface area contributed by atoms with Crippen molar-refractivity contribution in [3.63, 3.8) is 0 Å². The Balaban J connectivity index is 3.14. The summed E-state index contributed by atoms with van der Waals surface area (Å²) in [5, 5.41) is 0. The minimum absolute atomic E-state index is 0.00812. The molecule has 18 heavy (non-hydrogen) atoms. The van der Waals surface area contributed by atoms with E-state index in [2.05, 4.69) is 32.1 Å². The Bertz CT molecular complexity index is 352. The Morgan fingerprint density at radius 1 is 1.56 bits per heavy atom. The van der Waals surface area contributed by atoms with Crippen LogP contribution in [0.2, 0.25) is 0 Å². The van der Waals surface area contributed by atoms with Gasteiger partial charge in [0.2, 0.25) is 5.91 Å². The molecule has 1 aliphatic carbocycles. The summed E-state index contributed by atoms with van der Waals surface area (Å²) < 4.78 is 5.20. The number of halogens is 1. The first-order valence-electron chi connectivity index (χ1n) is 6.37. The second-order valence-electron chi connectivity index (χ2n) is 4.44. The summed E-state index contributed by atoms with van der Waals surface area (Å²) in [6.45, 7) is 4.50. The molecule has 0 bridgehead atoms. The zero-order valence-electron chi connectivity index (χ0n) is 11.4. The van der Waals surface area contributed by atoms with E-state index in [1.54, 1.807) is 12.0 Å². The molecule has 0 fully saturated rings. The molecular formula is C14H22ClNO2. The molecule has 0 N–H and O–H groups in total. The van der Waals surface area contributed by atoms with Crippen LogP contribution in [0, 0.1) is 0 Å². The first-order valence-corrected chi connectivity index (χ1v) is 6.91. The van der Waals surface area contributed by atoms with Gasteiger partial charge in [0.15, 0.2) is 0 Å². The molecule has 0 spiro atoms. The van der Waals surface area contributed by atoms with Gasteiger partial charge in [0.05, 0.1) is 5.54 Å². The lowest BCUT2D eigenvalue weighted by Crippen LogP contribution is -2.54. The Hall–Kier alpha value is -0.800. The molecular weight excluding hydrogens is 250 g/mol. The largest absolute Gasteiger partial charge is 0.364 e. The van der Waals surface area contributed by atoms with Crippen molar-refractivity contribution in [2.75, 3.05) is 19.7 Å². The van der Waals surface area contributed by atoms with Gasteiger partial charge in [-0.1, -0.05) is 32.1 Å². The molecule has 1 rings (SSSR count). The summed E-state index contributed by atoms with van der Waals surface area (Å²) >= 11 is 5.73. The van der Waals surface area contributed by atoms with Crippen LogP contribution in [0.5, 0.6) is 0 Å². The average Bonchev–Trinajstić information content (AvgIpc) is 2.43. The Kier molecular flexibility index (Phi) is 5.89. The summed E-state index contributed by atoms with van der Waals surface area (Å²) in [5.74, 6) is -0.0822. The van der Waals surface area contributed by atoms with Crippen LogP contribution in [0.4, 0.5) is 0 Å². The number of methoxy groups -OCH3 is 1. The monoisotopic (exact) mass is 271 g/mol. The van der Waals surface area contributed by atoms with E-state index in [4.69, 9.17) is 16.3 Å². The highest BCUT2D eigenvalue weighted by molar-refractivity contribution is 6.27. The van der Waals surface area contributed by atoms with E-state index in [0.717, 1.165) is 19.3 Å². The molecule has 1 atom stereocenters. The SMILES string of the molecule is CCC1=CC=CCC1(CC)N(COC)C(=O)CCl. The van der Waals surface area contributed by atoms with Gasteiger partial charge in [0.25, 0.3) is 0 Å². The lowest BCUT2D eigenvalue weighted by Gasteiger charge is -2.45. The van der Waals surface area contributed by atoms with Crippen LogP contribution in [0.3, 0.4) is 0 Å². The van der Waals surface area contributed by atoms with Gasteiger partial charge in [-0.05, 0) is 24.8 Å². The highest BCUT2D eigenvalue weighted by atomic mass is 35.5. The van der Waals surface area contributed by atoms with E-state index < -0.39 is 0 Å². The van der Waals surface area contributed by atoms with Gasteiger partial charge in [-0.15, -0.1) is 11.6 Å². The second-order valence-corrected chi connectivity index (χ2v) is 4.70. The van der Waals surface area contributed by atoms with E-state index in [0.29, 0.717) is 0 Å². The molecule has 0 radical (unpaired) electrons. The van der Waals surface area contributed by atoms with E-state index in [-0.39, 0.29) is 24.1 Å². The normalized spacial score (nSPS) is 22.8. The third-order valence-corrected chi connectivity index (χ3v) is 3.87. The number of alkyl halides is 1. The third-order valence-electron chi connectivity index (χ3n) is 3.64. The number of amides is 1. The number of carbonyl (C=O) groups excluding carboxylic acids is 1. The van der Waals surface area contributed by atoms with Crippen molar-refractivity contribution in [1.82, 2.24) is 4.90 Å². The van der Waals surface area contributed by atoms with Crippen molar-refractivity contribution in [1.29, 1.82) is 0 Å². The van der Waals surface area contributed by atoms with Crippen molar-refractivity contribution >= 4 is 17.5 Å². The summed E-state index contributed by atoms with van der Waals surface area (Å²) in [7, 11) is 1.60. The highest BCUT2D eigenvalue weighted by Crippen LogP contribution is 2.37. The van der Waals surface area contributed by atoms with Crippen molar-refractivity contribution in [2.24, 2.45) is 0 Å². The van der Waals surface area contributed by atoms with Crippen molar-refractivity contribution in [3.05, 3.63) is 23.8 Å². The number of carbonyl (C=O) groups is 1. The Labute approximate surface area is 114 Å². The fourth-order valence-corrected chi connectivity index (χ4v) is 2.81. The summed E-state index contributed by atoms with van der Waals surface area (Å²) in [4.78, 5) is 13.9. The number of hydrogen-bond acceptors (Lipinski definition) is 2. The van der Waals surface area contributed by atoms with Gasteiger partial charge in [-0.25, -0.2) is 0 Å². The second kappa shape index (κ2) is 6.95. The zero-order chi connectivity index (χ0) is 13.6. The standard InChI is InChI=1S/C14H22ClNO2/c1-4-12-8-6-7-9-14(12,5-2)16(11-18-3)13(17)10-15/h6-8H,4-5,9-11H2,1-3H3. The maximum absolute atomic E-state index is 12.1. The molecule has 0 aromatic carbocycles. The van der Waals surface area contributed by atoms with Crippen molar-refractivity contribution in [2.45, 2.75) is 38.6 Å². The number of rotatable bonds is 6. The lowest BCUT2D eigenvalue weighted by atomic mass is 9.78. The number of hydrogen-bond donors (Lipinski definition) is 0. The predicted octanol–water partition coefficient (Wildman–Crippen LogP) is 3.10. The van der Waals surface area contributed by atoms with Gasteiger partial charge in [0, 0.05) is 7.11 Å². The van der Waals surface area contributed by atoms with E-state index in [9.17, 15) is 4.79 Å². The molecule has 3 nitrogen and oxygen atoms in total. The molecule has 0 aromatic rings. The number of nitrogens with zero attached hydrogens (tertiary/aromatic N) is 1. The van der Waals surface area contributed by atoms with Crippen molar-refractivity contribution < 1.29 is 9.53 Å². The lowest BCUT2D eigenvalue weighted by molar-refractivity contribution is -0.140. The third kappa shape index (κ3) is 2.78. The molecule has 0 aromatic heterocycles. The molecule has 1 unspecified atom stereocenters. The minimum atomic E-state index is -0.272. The van der Waals surface area contributed by atoms with Crippen LogP contribution in [-0.2, 0) is 9.53 Å². The maximum Gasteiger partial charge on any atom is 0.240 e. The molecule has 0 aliphatic heterocycles. The Morgan fingerprint density at radius 3 is 2.78 bits per heavy atom. The first kappa shape index (κ1) is 15.3. The summed E-state index contributed by atoms with van der Waals surface area (Å²) in [6, 6.07) is 0. The quantitative estimate of drug-likeness (QED) is 0.549. The average molecular weight is 272 g/mol. The predicted molar refractivity (Wildman–Crippen MR) is 74.6 cm³/mol. The number of allylic oxidation sites excluding steroid dienone is 2. The number of ether oxygens (including phenoxy) is 1. The first-order chi connectivity index (χ1) is 8.66. The van der Waals surface area contributed by atoms with Crippen LogP contribution >= 0.6 is 11.6 Å². The topological polar surface area (TPSA) is 29.5 Å². The highest BCUT2D eigenvalue weighted by Gasteiger charge is 2.40. The summed E-state index contributed by atoms with van der Waals surface area (Å²) in [5.41, 5.74) is 0.994. The van der Waals surface area contributed by atoms with E-state index >= 15 is 0 Å². The molecule has 1 aliphatic rings. The van der Waals surface area contributed by atoms with Crippen LogP contribution < -0.4 is 0 Å². The van der Waals surface area contributed by atoms with E-state index in [1.165, 1.54) is 5.57 Å². The van der Waals surface area contributed by atoms with Gasteiger partial charge >= 0.3 is 0 Å². The van der Waals surface area contributed by atoms with Gasteiger partial charge in [0.1, 0.15) is 12.6 Å². The Morgan fingerprint density at radius 2 is 2.28 bits per heavy atom. The maximum atomic E-state index is 12.1. The van der Waals surface area contributed by atoms with Gasteiger partial charge in [-0.2, -0.15) is 0 Å². The fourth-order valence-electron chi connectivity index (χ4n) is 2.66. The van der Waals surface area contributed by atoms with Crippen LogP contribution in [0.15, 0.2) is 23.8 Å². The van der Waals surface area contributed by atoms with Gasteiger partial charge < -0.3 is 9.64 Å². The van der Waals surface area contributed by atoms with Crippen molar-refractivity contribution in [3.8, 4) is 0 Å². The van der Waals surface area contributed by atoms with E-state index in [1.807, 2.05) is 0 Å². The molecule has 1 amide bonds. The molecule has 0 heterocycles. The fraction of sp³-hybridized carbons (Fsp3) is 0.643.